The van der Waals surface area contributed by atoms with Crippen LogP contribution in [0, 0.1) is 0 Å². The largest absolute Gasteiger partial charge is 0.479 e. The van der Waals surface area contributed by atoms with Crippen LogP contribution in [0.25, 0.3) is 0 Å². The Hall–Kier alpha value is -1.98. The third-order valence-corrected chi connectivity index (χ3v) is 4.44. The fourth-order valence-corrected chi connectivity index (χ4v) is 2.97. The van der Waals surface area contributed by atoms with E-state index in [1.165, 1.54) is 0 Å². The number of hydrogen-bond acceptors (Lipinski definition) is 4. The normalized spacial score (nSPS) is 16.8. The van der Waals surface area contributed by atoms with E-state index >= 15 is 0 Å². The summed E-state index contributed by atoms with van der Waals surface area (Å²) in [6.07, 6.45) is 1.13. The molecule has 1 aliphatic heterocycles. The molecular weight excluding hydrogens is 328 g/mol. The second kappa shape index (κ2) is 7.73. The number of carbonyl (C=O) groups excluding carboxylic acids is 1. The van der Waals surface area contributed by atoms with Crippen molar-refractivity contribution < 1.29 is 13.9 Å². The van der Waals surface area contributed by atoms with Gasteiger partial charge in [-0.15, -0.1) is 0 Å². The predicted octanol–water partition coefficient (Wildman–Crippen LogP) is 3.04. The number of nitrogens with zero attached hydrogens (tertiary/aromatic N) is 2. The van der Waals surface area contributed by atoms with Crippen LogP contribution in [0.3, 0.4) is 0 Å². The highest BCUT2D eigenvalue weighted by Gasteiger charge is 2.26. The first-order valence-electron chi connectivity index (χ1n) is 8.08. The maximum Gasteiger partial charge on any atom is 0.263 e. The Balaban J connectivity index is 1.50. The van der Waals surface area contributed by atoms with Gasteiger partial charge in [0, 0.05) is 26.2 Å². The van der Waals surface area contributed by atoms with E-state index < -0.39 is 6.10 Å². The van der Waals surface area contributed by atoms with Crippen LogP contribution >= 0.6 is 11.6 Å². The Kier molecular flexibility index (Phi) is 5.43. The fraction of sp³-hybridized carbons (Fsp3) is 0.389. The van der Waals surface area contributed by atoms with Crippen molar-refractivity contribution in [3.05, 3.63) is 53.4 Å². The maximum atomic E-state index is 12.6. The lowest BCUT2D eigenvalue weighted by atomic mass is 10.2. The van der Waals surface area contributed by atoms with Crippen molar-refractivity contribution in [2.24, 2.45) is 0 Å². The van der Waals surface area contributed by atoms with Gasteiger partial charge < -0.3 is 14.1 Å². The molecule has 0 saturated carbocycles. The molecule has 3 rings (SSSR count). The fourth-order valence-electron chi connectivity index (χ4n) is 2.79. The van der Waals surface area contributed by atoms with Crippen LogP contribution in [0.4, 0.5) is 0 Å². The molecule has 0 radical (unpaired) electrons. The number of amides is 1. The highest BCUT2D eigenvalue weighted by Crippen LogP contribution is 2.24. The van der Waals surface area contributed by atoms with Gasteiger partial charge >= 0.3 is 0 Å². The summed E-state index contributed by atoms with van der Waals surface area (Å²) in [5, 5.41) is 0.514. The lowest BCUT2D eigenvalue weighted by Gasteiger charge is -2.35. The van der Waals surface area contributed by atoms with Crippen molar-refractivity contribution in [2.45, 2.75) is 19.6 Å². The highest BCUT2D eigenvalue weighted by molar-refractivity contribution is 6.32. The molecule has 1 aromatic heterocycles. The third-order valence-electron chi connectivity index (χ3n) is 4.13. The molecule has 1 aliphatic rings. The summed E-state index contributed by atoms with van der Waals surface area (Å²) in [4.78, 5) is 16.7. The monoisotopic (exact) mass is 348 g/mol. The molecule has 1 amide bonds. The number of ether oxygens (including phenoxy) is 1. The molecule has 0 N–H and O–H groups in total. The zero-order valence-corrected chi connectivity index (χ0v) is 14.4. The van der Waals surface area contributed by atoms with E-state index in [0.717, 1.165) is 25.4 Å². The first-order valence-corrected chi connectivity index (χ1v) is 8.46. The number of hydrogen-bond donors (Lipinski definition) is 0. The van der Waals surface area contributed by atoms with Crippen molar-refractivity contribution in [2.75, 3.05) is 26.2 Å². The molecule has 0 spiro atoms. The molecule has 128 valence electrons. The topological polar surface area (TPSA) is 45.9 Å². The van der Waals surface area contributed by atoms with Gasteiger partial charge in [-0.25, -0.2) is 0 Å². The van der Waals surface area contributed by atoms with E-state index in [2.05, 4.69) is 4.90 Å². The molecule has 1 atom stereocenters. The van der Waals surface area contributed by atoms with Gasteiger partial charge in [-0.1, -0.05) is 23.7 Å². The van der Waals surface area contributed by atoms with Crippen LogP contribution in [-0.4, -0.2) is 48.0 Å². The van der Waals surface area contributed by atoms with Crippen molar-refractivity contribution >= 4 is 17.5 Å². The van der Waals surface area contributed by atoms with Crippen molar-refractivity contribution in [3.8, 4) is 5.75 Å². The molecule has 24 heavy (non-hydrogen) atoms. The molecule has 0 aliphatic carbocycles. The Bertz CT molecular complexity index is 667. The summed E-state index contributed by atoms with van der Waals surface area (Å²) in [5.41, 5.74) is 0. The first kappa shape index (κ1) is 16.9. The number of furan rings is 1. The van der Waals surface area contributed by atoms with E-state index in [4.69, 9.17) is 20.8 Å². The highest BCUT2D eigenvalue weighted by atomic mass is 35.5. The van der Waals surface area contributed by atoms with E-state index in [-0.39, 0.29) is 5.91 Å². The minimum absolute atomic E-state index is 0.00688. The standard InChI is InChI=1S/C18H21ClN2O3/c1-14(24-17-7-3-2-6-16(17)19)18(22)21-10-8-20(9-11-21)13-15-5-4-12-23-15/h2-7,12,14H,8-11,13H2,1H3/t14-/m0/s1. The zero-order valence-electron chi connectivity index (χ0n) is 13.7. The van der Waals surface area contributed by atoms with Gasteiger partial charge in [0.25, 0.3) is 5.91 Å². The summed E-state index contributed by atoms with van der Waals surface area (Å²) in [5.74, 6) is 1.48. The van der Waals surface area contributed by atoms with Crippen LogP contribution < -0.4 is 4.74 Å². The summed E-state index contributed by atoms with van der Waals surface area (Å²) in [7, 11) is 0. The molecular formula is C18H21ClN2O3. The Labute approximate surface area is 146 Å². The number of rotatable bonds is 5. The molecule has 5 nitrogen and oxygen atoms in total. The van der Waals surface area contributed by atoms with E-state index in [9.17, 15) is 4.79 Å². The average Bonchev–Trinajstić information content (AvgIpc) is 3.10. The summed E-state index contributed by atoms with van der Waals surface area (Å²) < 4.78 is 11.1. The molecule has 1 aromatic carbocycles. The van der Waals surface area contributed by atoms with Crippen LogP contribution in [0.1, 0.15) is 12.7 Å². The molecule has 0 bridgehead atoms. The van der Waals surface area contributed by atoms with Gasteiger partial charge in [-0.3, -0.25) is 9.69 Å². The van der Waals surface area contributed by atoms with Crippen molar-refractivity contribution in [1.82, 2.24) is 9.80 Å². The first-order chi connectivity index (χ1) is 11.6. The van der Waals surface area contributed by atoms with Gasteiger partial charge in [-0.05, 0) is 31.2 Å². The second-order valence-corrected chi connectivity index (χ2v) is 6.28. The third kappa shape index (κ3) is 4.10. The van der Waals surface area contributed by atoms with Crippen molar-refractivity contribution in [3.63, 3.8) is 0 Å². The zero-order chi connectivity index (χ0) is 16.9. The van der Waals surface area contributed by atoms with Gasteiger partial charge in [0.05, 0.1) is 17.8 Å². The number of para-hydroxylation sites is 1. The lowest BCUT2D eigenvalue weighted by molar-refractivity contribution is -0.139. The minimum Gasteiger partial charge on any atom is -0.479 e. The Morgan fingerprint density at radius 1 is 1.21 bits per heavy atom. The SMILES string of the molecule is C[C@H](Oc1ccccc1Cl)C(=O)N1CCN(Cc2ccco2)CC1. The summed E-state index contributed by atoms with van der Waals surface area (Å²) in [6.45, 7) is 5.57. The van der Waals surface area contributed by atoms with Gasteiger partial charge in [-0.2, -0.15) is 0 Å². The summed E-state index contributed by atoms with van der Waals surface area (Å²) >= 11 is 6.08. The van der Waals surface area contributed by atoms with Crippen LogP contribution in [0.5, 0.6) is 5.75 Å². The Morgan fingerprint density at radius 3 is 2.62 bits per heavy atom. The lowest BCUT2D eigenvalue weighted by Crippen LogP contribution is -2.51. The van der Waals surface area contributed by atoms with E-state index in [1.54, 1.807) is 25.3 Å². The maximum absolute atomic E-state index is 12.6. The number of halogens is 1. The van der Waals surface area contributed by atoms with Gasteiger partial charge in [0.15, 0.2) is 6.10 Å². The quantitative estimate of drug-likeness (QED) is 0.833. The summed E-state index contributed by atoms with van der Waals surface area (Å²) in [6, 6.07) is 11.1. The van der Waals surface area contributed by atoms with Gasteiger partial charge in [0.1, 0.15) is 11.5 Å². The molecule has 0 unspecified atom stereocenters. The van der Waals surface area contributed by atoms with Crippen molar-refractivity contribution in [1.29, 1.82) is 0 Å². The molecule has 2 heterocycles. The molecule has 1 saturated heterocycles. The number of benzene rings is 1. The molecule has 1 fully saturated rings. The smallest absolute Gasteiger partial charge is 0.263 e. The average molecular weight is 349 g/mol. The van der Waals surface area contributed by atoms with Crippen LogP contribution in [-0.2, 0) is 11.3 Å². The number of carbonyl (C=O) groups is 1. The second-order valence-electron chi connectivity index (χ2n) is 5.87. The van der Waals surface area contributed by atoms with E-state index in [0.29, 0.717) is 23.9 Å². The van der Waals surface area contributed by atoms with Crippen LogP contribution in [0.2, 0.25) is 5.02 Å². The van der Waals surface area contributed by atoms with E-state index in [1.807, 2.05) is 29.2 Å². The van der Waals surface area contributed by atoms with Gasteiger partial charge in [0.2, 0.25) is 0 Å². The Morgan fingerprint density at radius 2 is 1.96 bits per heavy atom. The minimum atomic E-state index is -0.554. The number of piperazine rings is 1. The predicted molar refractivity (Wildman–Crippen MR) is 92.1 cm³/mol. The van der Waals surface area contributed by atoms with Crippen LogP contribution in [0.15, 0.2) is 47.1 Å². The molecule has 2 aromatic rings. The molecule has 6 heteroatoms.